The third-order valence-electron chi connectivity index (χ3n) is 5.30. The summed E-state index contributed by atoms with van der Waals surface area (Å²) in [6.45, 7) is 4.87. The average Bonchev–Trinajstić information content (AvgIpc) is 3.18. The molecule has 0 unspecified atom stereocenters. The van der Waals surface area contributed by atoms with Crippen LogP contribution in [0.3, 0.4) is 0 Å². The highest BCUT2D eigenvalue weighted by molar-refractivity contribution is 5.41. The molecular weight excluding hydrogens is 276 g/mol. The Kier molecular flexibility index (Phi) is 2.46. The largest absolute Gasteiger partial charge is 0.344 e. The lowest BCUT2D eigenvalue weighted by Crippen LogP contribution is -2.29. The lowest BCUT2D eigenvalue weighted by atomic mass is 9.93. The zero-order chi connectivity index (χ0) is 14.9. The van der Waals surface area contributed by atoms with E-state index in [2.05, 4.69) is 40.1 Å². The van der Waals surface area contributed by atoms with Gasteiger partial charge in [-0.25, -0.2) is 0 Å². The zero-order valence-electron chi connectivity index (χ0n) is 12.9. The predicted octanol–water partition coefficient (Wildman–Crippen LogP) is 3.04. The second kappa shape index (κ2) is 4.21. The minimum absolute atomic E-state index is 0.193. The van der Waals surface area contributed by atoms with Crippen LogP contribution in [0, 0.1) is 0 Å². The van der Waals surface area contributed by atoms with E-state index < -0.39 is 5.79 Å². The Balaban J connectivity index is 1.50. The first kappa shape index (κ1) is 12.9. The molecule has 4 atom stereocenters. The Morgan fingerprint density at radius 2 is 1.86 bits per heavy atom. The summed E-state index contributed by atoms with van der Waals surface area (Å²) in [5, 5.41) is 4.64. The lowest BCUT2D eigenvalue weighted by Gasteiger charge is -2.23. The van der Waals surface area contributed by atoms with E-state index in [1.807, 2.05) is 20.0 Å². The monoisotopic (exact) mass is 296 g/mol. The van der Waals surface area contributed by atoms with Crippen molar-refractivity contribution in [1.82, 2.24) is 9.78 Å². The van der Waals surface area contributed by atoms with Crippen molar-refractivity contribution in [3.63, 3.8) is 0 Å². The molecule has 0 N–H and O–H groups in total. The van der Waals surface area contributed by atoms with Gasteiger partial charge in [-0.2, -0.15) is 5.10 Å². The van der Waals surface area contributed by atoms with Crippen LogP contribution in [0.4, 0.5) is 0 Å². The number of nitrogens with zero attached hydrogens (tertiary/aromatic N) is 2. The number of aromatic nitrogens is 2. The molecule has 4 nitrogen and oxygen atoms in total. The van der Waals surface area contributed by atoms with Crippen LogP contribution in [0.25, 0.3) is 0 Å². The molecule has 1 aliphatic heterocycles. The maximum atomic E-state index is 6.17. The minimum Gasteiger partial charge on any atom is -0.344 e. The maximum Gasteiger partial charge on any atom is 0.163 e. The SMILES string of the molecule is CC1(C)O[C@@H]2[C@H](O1)[C@@H]1C[C@H]2c2c1cnn2Cc1ccccc1. The Labute approximate surface area is 130 Å². The molecule has 1 saturated heterocycles. The van der Waals surface area contributed by atoms with Crippen molar-refractivity contribution in [3.05, 3.63) is 53.3 Å². The zero-order valence-corrected chi connectivity index (χ0v) is 12.9. The quantitative estimate of drug-likeness (QED) is 0.854. The second-order valence-corrected chi connectivity index (χ2v) is 7.14. The molecule has 0 radical (unpaired) electrons. The molecule has 114 valence electrons. The van der Waals surface area contributed by atoms with Crippen molar-refractivity contribution in [2.24, 2.45) is 0 Å². The molecule has 2 bridgehead atoms. The highest BCUT2D eigenvalue weighted by atomic mass is 16.8. The maximum absolute atomic E-state index is 6.17. The summed E-state index contributed by atoms with van der Waals surface area (Å²) in [4.78, 5) is 0. The van der Waals surface area contributed by atoms with Gasteiger partial charge < -0.3 is 9.47 Å². The summed E-state index contributed by atoms with van der Waals surface area (Å²) >= 11 is 0. The number of hydrogen-bond donors (Lipinski definition) is 0. The van der Waals surface area contributed by atoms with Gasteiger partial charge in [0.15, 0.2) is 5.79 Å². The molecule has 4 heteroatoms. The molecule has 2 heterocycles. The van der Waals surface area contributed by atoms with Gasteiger partial charge in [-0.15, -0.1) is 0 Å². The third-order valence-corrected chi connectivity index (χ3v) is 5.30. The van der Waals surface area contributed by atoms with Crippen molar-refractivity contribution >= 4 is 0 Å². The van der Waals surface area contributed by atoms with Crippen LogP contribution < -0.4 is 0 Å². The van der Waals surface area contributed by atoms with Gasteiger partial charge in [0, 0.05) is 17.5 Å². The molecule has 3 aliphatic rings. The van der Waals surface area contributed by atoms with Gasteiger partial charge in [-0.3, -0.25) is 4.68 Å². The van der Waals surface area contributed by atoms with Crippen LogP contribution in [0.5, 0.6) is 0 Å². The summed E-state index contributed by atoms with van der Waals surface area (Å²) in [6, 6.07) is 10.5. The van der Waals surface area contributed by atoms with Crippen LogP contribution in [0.1, 0.15) is 48.9 Å². The Morgan fingerprint density at radius 1 is 1.14 bits per heavy atom. The summed E-state index contributed by atoms with van der Waals surface area (Å²) in [5.74, 6) is 0.433. The van der Waals surface area contributed by atoms with Gasteiger partial charge in [-0.1, -0.05) is 30.3 Å². The fourth-order valence-electron chi connectivity index (χ4n) is 4.54. The Bertz CT molecular complexity index is 722. The van der Waals surface area contributed by atoms with Crippen LogP contribution in [-0.2, 0) is 16.0 Å². The Hall–Kier alpha value is -1.65. The lowest BCUT2D eigenvalue weighted by molar-refractivity contribution is -0.153. The van der Waals surface area contributed by atoms with E-state index in [1.54, 1.807) is 0 Å². The van der Waals surface area contributed by atoms with Crippen molar-refractivity contribution < 1.29 is 9.47 Å². The number of ether oxygens (including phenoxy) is 2. The first-order valence-electron chi connectivity index (χ1n) is 8.07. The number of fused-ring (bicyclic) bond motifs is 8. The van der Waals surface area contributed by atoms with Crippen molar-refractivity contribution in [3.8, 4) is 0 Å². The normalized spacial score (nSPS) is 33.9. The second-order valence-electron chi connectivity index (χ2n) is 7.14. The van der Waals surface area contributed by atoms with Crippen molar-refractivity contribution in [2.75, 3.05) is 0 Å². The predicted molar refractivity (Wildman–Crippen MR) is 81.7 cm³/mol. The molecule has 2 fully saturated rings. The molecule has 0 spiro atoms. The van der Waals surface area contributed by atoms with Crippen molar-refractivity contribution in [1.29, 1.82) is 0 Å². The van der Waals surface area contributed by atoms with Gasteiger partial charge in [0.1, 0.15) is 0 Å². The minimum atomic E-state index is -0.451. The molecule has 5 rings (SSSR count). The van der Waals surface area contributed by atoms with Crippen molar-refractivity contribution in [2.45, 2.75) is 56.6 Å². The van der Waals surface area contributed by atoms with Gasteiger partial charge in [0.05, 0.1) is 24.9 Å². The number of rotatable bonds is 2. The molecule has 22 heavy (non-hydrogen) atoms. The third kappa shape index (κ3) is 1.68. The topological polar surface area (TPSA) is 36.3 Å². The number of benzene rings is 1. The highest BCUT2D eigenvalue weighted by Crippen LogP contribution is 2.59. The van der Waals surface area contributed by atoms with Crippen LogP contribution >= 0.6 is 0 Å². The van der Waals surface area contributed by atoms with Gasteiger partial charge in [0.2, 0.25) is 0 Å². The summed E-state index contributed by atoms with van der Waals surface area (Å²) in [5.41, 5.74) is 4.04. The molecule has 1 saturated carbocycles. The van der Waals surface area contributed by atoms with Crippen LogP contribution in [-0.4, -0.2) is 27.8 Å². The van der Waals surface area contributed by atoms with E-state index in [1.165, 1.54) is 16.8 Å². The number of hydrogen-bond acceptors (Lipinski definition) is 3. The van der Waals surface area contributed by atoms with E-state index in [-0.39, 0.29) is 12.2 Å². The molecule has 1 aromatic heterocycles. The highest BCUT2D eigenvalue weighted by Gasteiger charge is 2.60. The standard InChI is InChI=1S/C18H20N2O2/c1-18(2)21-16-12-8-13(17(16)22-18)15-14(12)9-19-20(15)10-11-6-4-3-5-7-11/h3-7,9,12-13,16-17H,8,10H2,1-2H3/t12-,13+,16-,17+/m1/s1. The van der Waals surface area contributed by atoms with Gasteiger partial charge in [0.25, 0.3) is 0 Å². The molecule has 2 aliphatic carbocycles. The van der Waals surface area contributed by atoms with Crippen LogP contribution in [0.2, 0.25) is 0 Å². The smallest absolute Gasteiger partial charge is 0.163 e. The first-order chi connectivity index (χ1) is 10.6. The fraction of sp³-hybridized carbons (Fsp3) is 0.500. The van der Waals surface area contributed by atoms with E-state index in [0.717, 1.165) is 13.0 Å². The van der Waals surface area contributed by atoms with E-state index >= 15 is 0 Å². The molecule has 2 aromatic rings. The molecular formula is C18H20N2O2. The van der Waals surface area contributed by atoms with E-state index in [9.17, 15) is 0 Å². The van der Waals surface area contributed by atoms with Gasteiger partial charge in [-0.05, 0) is 31.4 Å². The van der Waals surface area contributed by atoms with E-state index in [4.69, 9.17) is 9.47 Å². The molecule has 0 amide bonds. The Morgan fingerprint density at radius 3 is 2.64 bits per heavy atom. The summed E-state index contributed by atoms with van der Waals surface area (Å²) in [6.07, 6.45) is 3.60. The van der Waals surface area contributed by atoms with Gasteiger partial charge >= 0.3 is 0 Å². The first-order valence-corrected chi connectivity index (χ1v) is 8.07. The van der Waals surface area contributed by atoms with E-state index in [0.29, 0.717) is 11.8 Å². The average molecular weight is 296 g/mol. The molecule has 1 aromatic carbocycles. The van der Waals surface area contributed by atoms with Crippen LogP contribution in [0.15, 0.2) is 36.5 Å². The summed E-state index contributed by atoms with van der Waals surface area (Å²) < 4.78 is 14.5. The fourth-order valence-corrected chi connectivity index (χ4v) is 4.54. The summed E-state index contributed by atoms with van der Waals surface area (Å²) in [7, 11) is 0.